The van der Waals surface area contributed by atoms with Crippen molar-refractivity contribution in [2.45, 2.75) is 32.5 Å². The van der Waals surface area contributed by atoms with Crippen LogP contribution in [0.4, 0.5) is 8.78 Å². The topological polar surface area (TPSA) is 24.5 Å². The van der Waals surface area contributed by atoms with Crippen molar-refractivity contribution < 1.29 is 13.5 Å². The first-order valence-electron chi connectivity index (χ1n) is 7.57. The van der Waals surface area contributed by atoms with Gasteiger partial charge in [0.25, 0.3) is 0 Å². The van der Waals surface area contributed by atoms with Crippen LogP contribution >= 0.6 is 0 Å². The van der Waals surface area contributed by atoms with E-state index in [4.69, 9.17) is 0 Å². The van der Waals surface area contributed by atoms with E-state index in [0.717, 1.165) is 25.2 Å². The minimum absolute atomic E-state index is 0.215. The minimum Gasteiger partial charge on any atom is -0.435 e. The van der Waals surface area contributed by atoms with Crippen LogP contribution in [0.15, 0.2) is 24.3 Å². The lowest BCUT2D eigenvalue weighted by atomic mass is 9.95. The molecule has 0 aromatic heterocycles. The molecule has 0 radical (unpaired) electrons. The number of halogens is 2. The summed E-state index contributed by atoms with van der Waals surface area (Å²) in [5.41, 5.74) is 1.04. The molecule has 0 spiro atoms. The molecule has 2 fully saturated rings. The summed E-state index contributed by atoms with van der Waals surface area (Å²) < 4.78 is 29.2. The van der Waals surface area contributed by atoms with Gasteiger partial charge in [-0.3, -0.25) is 4.90 Å². The van der Waals surface area contributed by atoms with Gasteiger partial charge in [-0.05, 0) is 56.5 Å². The van der Waals surface area contributed by atoms with Gasteiger partial charge in [0.2, 0.25) is 0 Å². The summed E-state index contributed by atoms with van der Waals surface area (Å²) in [6.45, 7) is 4.89. The van der Waals surface area contributed by atoms with Crippen LogP contribution < -0.4 is 10.1 Å². The van der Waals surface area contributed by atoms with Crippen LogP contribution in [0, 0.1) is 11.8 Å². The molecule has 2 saturated heterocycles. The van der Waals surface area contributed by atoms with Crippen molar-refractivity contribution in [2.75, 3.05) is 19.6 Å². The van der Waals surface area contributed by atoms with Crippen molar-refractivity contribution in [1.29, 1.82) is 0 Å². The predicted molar refractivity (Wildman–Crippen MR) is 77.5 cm³/mol. The Balaban J connectivity index is 1.74. The summed E-state index contributed by atoms with van der Waals surface area (Å²) in [5, 5.41) is 3.45. The van der Waals surface area contributed by atoms with Gasteiger partial charge in [0.1, 0.15) is 5.75 Å². The largest absolute Gasteiger partial charge is 0.435 e. The summed E-state index contributed by atoms with van der Waals surface area (Å²) in [6, 6.07) is 7.81. The molecule has 4 unspecified atom stereocenters. The number of benzene rings is 1. The Morgan fingerprint density at radius 1 is 1.33 bits per heavy atom. The summed E-state index contributed by atoms with van der Waals surface area (Å²) >= 11 is 0. The van der Waals surface area contributed by atoms with Gasteiger partial charge in [0.05, 0.1) is 0 Å². The van der Waals surface area contributed by atoms with Gasteiger partial charge in [0, 0.05) is 18.6 Å². The van der Waals surface area contributed by atoms with E-state index >= 15 is 0 Å². The number of alkyl halides is 2. The molecule has 21 heavy (non-hydrogen) atoms. The number of fused-ring (bicyclic) bond motifs is 1. The Morgan fingerprint density at radius 3 is 2.86 bits per heavy atom. The maximum Gasteiger partial charge on any atom is 0.387 e. The predicted octanol–water partition coefficient (Wildman–Crippen LogP) is 2.89. The van der Waals surface area contributed by atoms with Gasteiger partial charge in [-0.1, -0.05) is 12.1 Å². The zero-order valence-corrected chi connectivity index (χ0v) is 12.4. The summed E-state index contributed by atoms with van der Waals surface area (Å²) in [4.78, 5) is 2.48. The Labute approximate surface area is 124 Å². The van der Waals surface area contributed by atoms with Crippen molar-refractivity contribution in [3.8, 4) is 5.75 Å². The molecule has 116 valence electrons. The van der Waals surface area contributed by atoms with Gasteiger partial charge < -0.3 is 10.1 Å². The molecule has 2 aliphatic heterocycles. The fraction of sp³-hybridized carbons (Fsp3) is 0.625. The highest BCUT2D eigenvalue weighted by molar-refractivity contribution is 5.30. The number of ether oxygens (including phenoxy) is 1. The van der Waals surface area contributed by atoms with E-state index in [9.17, 15) is 8.78 Å². The first-order valence-corrected chi connectivity index (χ1v) is 7.57. The number of hydrogen-bond acceptors (Lipinski definition) is 3. The SMILES string of the molecule is CC(c1cccc(OC(F)F)c1)N1CC2CNCC2C1C. The van der Waals surface area contributed by atoms with E-state index in [2.05, 4.69) is 28.8 Å². The summed E-state index contributed by atoms with van der Waals surface area (Å²) in [7, 11) is 0. The van der Waals surface area contributed by atoms with E-state index < -0.39 is 6.61 Å². The van der Waals surface area contributed by atoms with Gasteiger partial charge >= 0.3 is 6.61 Å². The molecule has 1 aromatic rings. The van der Waals surface area contributed by atoms with Crippen molar-refractivity contribution >= 4 is 0 Å². The van der Waals surface area contributed by atoms with Crippen molar-refractivity contribution in [2.24, 2.45) is 11.8 Å². The van der Waals surface area contributed by atoms with Crippen molar-refractivity contribution in [3.63, 3.8) is 0 Å². The van der Waals surface area contributed by atoms with Crippen LogP contribution in [-0.2, 0) is 0 Å². The third-order valence-corrected chi connectivity index (χ3v) is 5.04. The number of rotatable bonds is 4. The van der Waals surface area contributed by atoms with E-state index in [1.54, 1.807) is 18.2 Å². The highest BCUT2D eigenvalue weighted by Crippen LogP contribution is 2.38. The molecule has 5 heteroatoms. The molecule has 1 N–H and O–H groups in total. The third-order valence-electron chi connectivity index (χ3n) is 5.04. The zero-order valence-electron chi connectivity index (χ0n) is 12.4. The lowest BCUT2D eigenvalue weighted by Gasteiger charge is -2.31. The van der Waals surface area contributed by atoms with E-state index in [1.807, 2.05) is 6.07 Å². The van der Waals surface area contributed by atoms with Crippen molar-refractivity contribution in [3.05, 3.63) is 29.8 Å². The zero-order chi connectivity index (χ0) is 15.0. The molecule has 2 aliphatic rings. The molecule has 4 atom stereocenters. The minimum atomic E-state index is -2.77. The molecule has 1 aromatic carbocycles. The Morgan fingerprint density at radius 2 is 2.14 bits per heavy atom. The number of nitrogens with one attached hydrogen (secondary N) is 1. The Bertz CT molecular complexity index is 497. The molecule has 0 aliphatic carbocycles. The van der Waals surface area contributed by atoms with E-state index in [0.29, 0.717) is 17.9 Å². The second kappa shape index (κ2) is 5.89. The van der Waals surface area contributed by atoms with Crippen LogP contribution in [0.1, 0.15) is 25.5 Å². The third kappa shape index (κ3) is 2.90. The molecular formula is C16H22F2N2O. The fourth-order valence-corrected chi connectivity index (χ4v) is 3.85. The smallest absolute Gasteiger partial charge is 0.387 e. The molecule has 3 nitrogen and oxygen atoms in total. The normalized spacial score (nSPS) is 30.6. The van der Waals surface area contributed by atoms with Crippen LogP contribution in [0.3, 0.4) is 0 Å². The number of nitrogens with zero attached hydrogens (tertiary/aromatic N) is 1. The molecule has 0 amide bonds. The lowest BCUT2D eigenvalue weighted by Crippen LogP contribution is -2.35. The van der Waals surface area contributed by atoms with E-state index in [1.165, 1.54) is 0 Å². The number of hydrogen-bond donors (Lipinski definition) is 1. The highest BCUT2D eigenvalue weighted by Gasteiger charge is 2.43. The van der Waals surface area contributed by atoms with Gasteiger partial charge in [-0.2, -0.15) is 8.78 Å². The maximum atomic E-state index is 12.3. The summed E-state index contributed by atoms with van der Waals surface area (Å²) in [5.74, 6) is 1.65. The highest BCUT2D eigenvalue weighted by atomic mass is 19.3. The average Bonchev–Trinajstić information content (AvgIpc) is 3.01. The van der Waals surface area contributed by atoms with Crippen molar-refractivity contribution in [1.82, 2.24) is 10.2 Å². The molecule has 3 rings (SSSR count). The monoisotopic (exact) mass is 296 g/mol. The standard InChI is InChI=1S/C16H22F2N2O/c1-10(12-4-3-5-14(6-12)21-16(17)18)20-9-13-7-19-8-15(13)11(20)2/h3-6,10-11,13,15-16,19H,7-9H2,1-2H3. The van der Waals surface area contributed by atoms with Gasteiger partial charge in [-0.25, -0.2) is 0 Å². The number of likely N-dealkylation sites (tertiary alicyclic amines) is 1. The fourth-order valence-electron chi connectivity index (χ4n) is 3.85. The lowest BCUT2D eigenvalue weighted by molar-refractivity contribution is -0.0499. The van der Waals surface area contributed by atoms with Gasteiger partial charge in [0.15, 0.2) is 0 Å². The van der Waals surface area contributed by atoms with Crippen LogP contribution in [0.5, 0.6) is 5.75 Å². The molecular weight excluding hydrogens is 274 g/mol. The first-order chi connectivity index (χ1) is 10.1. The second-order valence-electron chi connectivity index (χ2n) is 6.15. The first kappa shape index (κ1) is 14.7. The van der Waals surface area contributed by atoms with Gasteiger partial charge in [-0.15, -0.1) is 0 Å². The molecule has 0 saturated carbocycles. The average molecular weight is 296 g/mol. The second-order valence-corrected chi connectivity index (χ2v) is 6.15. The molecule has 2 heterocycles. The van der Waals surface area contributed by atoms with Crippen LogP contribution in [-0.4, -0.2) is 37.2 Å². The van der Waals surface area contributed by atoms with E-state index in [-0.39, 0.29) is 11.8 Å². The van der Waals surface area contributed by atoms with Crippen LogP contribution in [0.2, 0.25) is 0 Å². The van der Waals surface area contributed by atoms with Crippen LogP contribution in [0.25, 0.3) is 0 Å². The quantitative estimate of drug-likeness (QED) is 0.924. The molecule has 0 bridgehead atoms. The Kier molecular flexibility index (Phi) is 4.13. The maximum absolute atomic E-state index is 12.3. The Hall–Kier alpha value is -1.20. The summed E-state index contributed by atoms with van der Waals surface area (Å²) in [6.07, 6.45) is 0.